The van der Waals surface area contributed by atoms with Gasteiger partial charge in [-0.2, -0.15) is 5.26 Å². The van der Waals surface area contributed by atoms with E-state index in [-0.39, 0.29) is 11.7 Å². The zero-order valence-corrected chi connectivity index (χ0v) is 23.9. The lowest BCUT2D eigenvalue weighted by atomic mass is 9.91. The SMILES string of the molecule is COC(=O)C1=C[C@H](n2cc3ccccc3c2C#N)[C@@H](NCC(C)C)[C@H]([C@H](OC(C)=O)[C@@H](COC(C)=O)OC(C)=O)O1. The molecule has 1 aliphatic heterocycles. The van der Waals surface area contributed by atoms with Gasteiger partial charge in [0, 0.05) is 37.7 Å². The van der Waals surface area contributed by atoms with Gasteiger partial charge in [-0.15, -0.1) is 0 Å². The van der Waals surface area contributed by atoms with Gasteiger partial charge in [-0.3, -0.25) is 14.4 Å². The van der Waals surface area contributed by atoms with Crippen LogP contribution in [0.3, 0.4) is 0 Å². The summed E-state index contributed by atoms with van der Waals surface area (Å²) in [5.41, 5.74) is 0.337. The van der Waals surface area contributed by atoms with Crippen molar-refractivity contribution in [1.82, 2.24) is 9.88 Å². The molecule has 2 heterocycles. The highest BCUT2D eigenvalue weighted by atomic mass is 16.6. The monoisotopic (exact) mass is 569 g/mol. The normalized spacial score (nSPS) is 19.8. The van der Waals surface area contributed by atoms with Gasteiger partial charge in [-0.25, -0.2) is 4.79 Å². The Balaban J connectivity index is 2.25. The molecule has 1 aromatic heterocycles. The van der Waals surface area contributed by atoms with Crippen molar-refractivity contribution in [3.63, 3.8) is 0 Å². The van der Waals surface area contributed by atoms with Crippen molar-refractivity contribution in [2.24, 2.45) is 5.92 Å². The zero-order chi connectivity index (χ0) is 30.3. The second-order valence-corrected chi connectivity index (χ2v) is 10.0. The minimum atomic E-state index is -1.34. The van der Waals surface area contributed by atoms with Crippen molar-refractivity contribution < 1.29 is 42.9 Å². The summed E-state index contributed by atoms with van der Waals surface area (Å²) in [6, 6.07) is 8.14. The Morgan fingerprint density at radius 1 is 1.07 bits per heavy atom. The molecule has 0 amide bonds. The standard InChI is InChI=1S/C29H35N3O9/c1-16(2)13-31-26-22(32-14-20-9-7-8-10-21(20)23(32)12-30)11-24(29(36)37-6)41-28(26)27(40-19(5)35)25(39-18(4)34)15-38-17(3)33/h7-11,14,16,22,25-28,31H,13,15H2,1-6H3/t22-,25+,26+,27+,28+/m0/s1. The summed E-state index contributed by atoms with van der Waals surface area (Å²) >= 11 is 0. The van der Waals surface area contributed by atoms with E-state index in [0.717, 1.165) is 12.3 Å². The predicted octanol–water partition coefficient (Wildman–Crippen LogP) is 2.55. The van der Waals surface area contributed by atoms with Gasteiger partial charge in [0.25, 0.3) is 0 Å². The molecule has 0 aliphatic carbocycles. The highest BCUT2D eigenvalue weighted by Crippen LogP contribution is 2.35. The van der Waals surface area contributed by atoms with Gasteiger partial charge in [-0.05, 0) is 18.5 Å². The highest BCUT2D eigenvalue weighted by molar-refractivity contribution is 5.88. The van der Waals surface area contributed by atoms with E-state index in [1.807, 2.05) is 38.1 Å². The number of carbonyl (C=O) groups excluding carboxylic acids is 4. The lowest BCUT2D eigenvalue weighted by Crippen LogP contribution is -2.59. The molecule has 1 N–H and O–H groups in total. The van der Waals surface area contributed by atoms with Crippen LogP contribution < -0.4 is 5.32 Å². The Hall–Kier alpha value is -4.37. The molecule has 1 aliphatic rings. The zero-order valence-electron chi connectivity index (χ0n) is 23.9. The van der Waals surface area contributed by atoms with Crippen molar-refractivity contribution in [2.45, 2.75) is 65.0 Å². The maximum atomic E-state index is 12.8. The lowest BCUT2D eigenvalue weighted by molar-refractivity contribution is -0.188. The largest absolute Gasteiger partial charge is 0.477 e. The molecule has 0 bridgehead atoms. The van der Waals surface area contributed by atoms with E-state index in [2.05, 4.69) is 11.4 Å². The second kappa shape index (κ2) is 13.8. The number of ether oxygens (including phenoxy) is 5. The number of aromatic nitrogens is 1. The molecule has 220 valence electrons. The maximum Gasteiger partial charge on any atom is 0.373 e. The fourth-order valence-corrected chi connectivity index (χ4v) is 4.75. The minimum absolute atomic E-state index is 0.166. The van der Waals surface area contributed by atoms with E-state index in [1.165, 1.54) is 27.0 Å². The molecule has 41 heavy (non-hydrogen) atoms. The minimum Gasteiger partial charge on any atom is -0.477 e. The van der Waals surface area contributed by atoms with E-state index >= 15 is 0 Å². The average molecular weight is 570 g/mol. The van der Waals surface area contributed by atoms with Crippen LogP contribution in [-0.2, 0) is 42.9 Å². The third-order valence-electron chi connectivity index (χ3n) is 6.40. The van der Waals surface area contributed by atoms with E-state index < -0.39 is 60.9 Å². The number of nitrogens with zero attached hydrogens (tertiary/aromatic N) is 2. The van der Waals surface area contributed by atoms with Crippen LogP contribution in [0.15, 0.2) is 42.3 Å². The number of methoxy groups -OCH3 is 1. The average Bonchev–Trinajstić information content (AvgIpc) is 3.30. The Labute approximate surface area is 238 Å². The van der Waals surface area contributed by atoms with Gasteiger partial charge in [-0.1, -0.05) is 38.1 Å². The van der Waals surface area contributed by atoms with Crippen molar-refractivity contribution in [1.29, 1.82) is 5.26 Å². The molecule has 5 atom stereocenters. The summed E-state index contributed by atoms with van der Waals surface area (Å²) < 4.78 is 29.0. The number of hydrogen-bond donors (Lipinski definition) is 1. The summed E-state index contributed by atoms with van der Waals surface area (Å²) in [5.74, 6) is -2.92. The van der Waals surface area contributed by atoms with Gasteiger partial charge < -0.3 is 33.6 Å². The number of nitriles is 1. The predicted molar refractivity (Wildman–Crippen MR) is 145 cm³/mol. The van der Waals surface area contributed by atoms with Gasteiger partial charge in [0.2, 0.25) is 5.76 Å². The molecule has 0 saturated carbocycles. The Morgan fingerprint density at radius 2 is 1.76 bits per heavy atom. The Bertz CT molecular complexity index is 1360. The van der Waals surface area contributed by atoms with E-state index in [1.54, 1.807) is 10.8 Å². The fraction of sp³-hybridized carbons (Fsp3) is 0.483. The first-order valence-electron chi connectivity index (χ1n) is 13.1. The van der Waals surface area contributed by atoms with Crippen LogP contribution in [0.4, 0.5) is 0 Å². The first-order valence-corrected chi connectivity index (χ1v) is 13.1. The van der Waals surface area contributed by atoms with Gasteiger partial charge >= 0.3 is 23.9 Å². The molecular weight excluding hydrogens is 534 g/mol. The molecule has 12 heteroatoms. The number of fused-ring (bicyclic) bond motifs is 1. The summed E-state index contributed by atoms with van der Waals surface area (Å²) in [7, 11) is 1.19. The second-order valence-electron chi connectivity index (χ2n) is 10.0. The van der Waals surface area contributed by atoms with Crippen LogP contribution in [-0.4, -0.2) is 73.1 Å². The Kier molecular flexibility index (Phi) is 10.5. The van der Waals surface area contributed by atoms with Crippen LogP contribution in [0.5, 0.6) is 0 Å². The first kappa shape index (κ1) is 31.2. The molecule has 12 nitrogen and oxygen atoms in total. The summed E-state index contributed by atoms with van der Waals surface area (Å²) in [6.45, 7) is 7.53. The van der Waals surface area contributed by atoms with Crippen LogP contribution in [0.2, 0.25) is 0 Å². The lowest BCUT2D eigenvalue weighted by Gasteiger charge is -2.42. The van der Waals surface area contributed by atoms with Crippen LogP contribution >= 0.6 is 0 Å². The molecule has 0 saturated heterocycles. The quantitative estimate of drug-likeness (QED) is 0.313. The van der Waals surface area contributed by atoms with Gasteiger partial charge in [0.15, 0.2) is 18.3 Å². The van der Waals surface area contributed by atoms with E-state index in [0.29, 0.717) is 17.6 Å². The first-order chi connectivity index (χ1) is 19.5. The number of esters is 4. The highest BCUT2D eigenvalue weighted by Gasteiger charge is 2.48. The summed E-state index contributed by atoms with van der Waals surface area (Å²) in [5, 5.41) is 15.1. The van der Waals surface area contributed by atoms with Gasteiger partial charge in [0.05, 0.1) is 19.2 Å². The number of hydrogen-bond acceptors (Lipinski definition) is 11. The molecule has 0 unspecified atom stereocenters. The summed E-state index contributed by atoms with van der Waals surface area (Å²) in [6.07, 6.45) is -0.465. The molecule has 1 aromatic carbocycles. The molecule has 0 radical (unpaired) electrons. The molecule has 0 fully saturated rings. The molecule has 2 aromatic rings. The number of benzene rings is 1. The molecule has 0 spiro atoms. The van der Waals surface area contributed by atoms with Crippen molar-refractivity contribution in [2.75, 3.05) is 20.3 Å². The molecule has 3 rings (SSSR count). The third kappa shape index (κ3) is 7.64. The van der Waals surface area contributed by atoms with Crippen molar-refractivity contribution in [3.8, 4) is 6.07 Å². The number of nitrogens with one attached hydrogen (secondary N) is 1. The molecular formula is C29H35N3O9. The maximum absolute atomic E-state index is 12.8. The topological polar surface area (TPSA) is 155 Å². The van der Waals surface area contributed by atoms with Crippen molar-refractivity contribution in [3.05, 3.63) is 48.0 Å². The van der Waals surface area contributed by atoms with Crippen LogP contribution in [0.25, 0.3) is 10.8 Å². The summed E-state index contributed by atoms with van der Waals surface area (Å²) in [4.78, 5) is 48.9. The number of carbonyl (C=O) groups is 4. The smallest absolute Gasteiger partial charge is 0.373 e. The van der Waals surface area contributed by atoms with E-state index in [4.69, 9.17) is 23.7 Å². The fourth-order valence-electron chi connectivity index (χ4n) is 4.75. The van der Waals surface area contributed by atoms with Crippen LogP contribution in [0.1, 0.15) is 46.4 Å². The van der Waals surface area contributed by atoms with E-state index in [9.17, 15) is 24.4 Å². The Morgan fingerprint density at radius 3 is 2.34 bits per heavy atom. The van der Waals surface area contributed by atoms with Crippen molar-refractivity contribution >= 4 is 34.6 Å². The van der Waals surface area contributed by atoms with Gasteiger partial charge in [0.1, 0.15) is 18.4 Å². The third-order valence-corrected chi connectivity index (χ3v) is 6.40. The number of rotatable bonds is 11. The van der Waals surface area contributed by atoms with Crippen LogP contribution in [0, 0.1) is 17.2 Å².